The Hall–Kier alpha value is -1.82. The van der Waals surface area contributed by atoms with Crippen LogP contribution in [0.5, 0.6) is 0 Å². The number of aromatic nitrogens is 4. The Morgan fingerprint density at radius 1 is 1.42 bits per heavy atom. The largest absolute Gasteiger partial charge is 0.329 e. The number of hydrogen-bond donors (Lipinski definition) is 1. The molecule has 2 aromatic heterocycles. The van der Waals surface area contributed by atoms with Gasteiger partial charge in [-0.05, 0) is 12.0 Å². The predicted molar refractivity (Wildman–Crippen MR) is 72.7 cm³/mol. The molecule has 0 unspecified atom stereocenters. The molecule has 0 spiro atoms. The molecule has 0 fully saturated rings. The Balaban J connectivity index is 2.58. The van der Waals surface area contributed by atoms with Crippen LogP contribution in [-0.2, 0) is 13.6 Å². The molecule has 0 radical (unpaired) electrons. The molecular formula is C12H15ClN4O2. The van der Waals surface area contributed by atoms with Crippen molar-refractivity contribution in [1.82, 2.24) is 19.3 Å². The van der Waals surface area contributed by atoms with E-state index in [9.17, 15) is 9.59 Å². The minimum absolute atomic E-state index is 0.0605. The summed E-state index contributed by atoms with van der Waals surface area (Å²) in [6.07, 6.45) is 1.62. The summed E-state index contributed by atoms with van der Waals surface area (Å²) in [7, 11) is 1.76. The van der Waals surface area contributed by atoms with Crippen LogP contribution in [0.15, 0.2) is 21.9 Å². The molecule has 2 rings (SSSR count). The van der Waals surface area contributed by atoms with E-state index in [0.717, 1.165) is 10.3 Å². The average Bonchev–Trinajstić information content (AvgIpc) is 2.69. The van der Waals surface area contributed by atoms with Gasteiger partial charge in [0, 0.05) is 13.2 Å². The van der Waals surface area contributed by atoms with Gasteiger partial charge in [0.2, 0.25) is 0 Å². The number of nitrogens with one attached hydrogen (secondary N) is 1. The van der Waals surface area contributed by atoms with Gasteiger partial charge >= 0.3 is 5.69 Å². The average molecular weight is 283 g/mol. The van der Waals surface area contributed by atoms with Gasteiger partial charge in [-0.25, -0.2) is 4.79 Å². The fraction of sp³-hybridized carbons (Fsp3) is 0.417. The van der Waals surface area contributed by atoms with Crippen LogP contribution in [0, 0.1) is 0 Å². The quantitative estimate of drug-likeness (QED) is 0.857. The molecule has 6 nitrogen and oxygen atoms in total. The highest BCUT2D eigenvalue weighted by Crippen LogP contribution is 2.16. The zero-order valence-electron chi connectivity index (χ0n) is 11.0. The highest BCUT2D eigenvalue weighted by atomic mass is 35.5. The van der Waals surface area contributed by atoms with E-state index in [1.165, 1.54) is 0 Å². The highest BCUT2D eigenvalue weighted by Gasteiger charge is 2.16. The van der Waals surface area contributed by atoms with Crippen molar-refractivity contribution in [1.29, 1.82) is 0 Å². The standard InChI is InChI=1S/C12H15ClN4O2/c1-7(2)9-10(13)15-12(19)17(11(9)18)6-8-4-5-14-16(8)3/h4-5,7H,6H2,1-3H3,(H,15,19). The van der Waals surface area contributed by atoms with E-state index in [2.05, 4.69) is 10.1 Å². The number of aryl methyl sites for hydroxylation is 1. The molecule has 0 atom stereocenters. The number of nitrogens with zero attached hydrogens (tertiary/aromatic N) is 3. The molecule has 7 heteroatoms. The third-order valence-corrected chi connectivity index (χ3v) is 3.29. The number of hydrogen-bond acceptors (Lipinski definition) is 3. The summed E-state index contributed by atoms with van der Waals surface area (Å²) in [6, 6.07) is 1.76. The topological polar surface area (TPSA) is 72.7 Å². The van der Waals surface area contributed by atoms with E-state index in [1.54, 1.807) is 24.0 Å². The van der Waals surface area contributed by atoms with Crippen molar-refractivity contribution in [3.63, 3.8) is 0 Å². The van der Waals surface area contributed by atoms with Crippen LogP contribution in [0.4, 0.5) is 0 Å². The fourth-order valence-electron chi connectivity index (χ4n) is 1.92. The Morgan fingerprint density at radius 3 is 2.63 bits per heavy atom. The Bertz CT molecular complexity index is 711. The summed E-state index contributed by atoms with van der Waals surface area (Å²) in [5.74, 6) is -0.0605. The zero-order chi connectivity index (χ0) is 14.2. The van der Waals surface area contributed by atoms with Crippen LogP contribution < -0.4 is 11.2 Å². The molecule has 0 saturated heterocycles. The maximum Gasteiger partial charge on any atom is 0.329 e. The first-order chi connectivity index (χ1) is 8.91. The van der Waals surface area contributed by atoms with E-state index >= 15 is 0 Å². The molecule has 0 aromatic carbocycles. The van der Waals surface area contributed by atoms with Gasteiger partial charge in [0.05, 0.1) is 17.8 Å². The van der Waals surface area contributed by atoms with E-state index in [0.29, 0.717) is 5.56 Å². The van der Waals surface area contributed by atoms with Crippen molar-refractivity contribution < 1.29 is 0 Å². The summed E-state index contributed by atoms with van der Waals surface area (Å²) in [5, 5.41) is 4.13. The van der Waals surface area contributed by atoms with Crippen molar-refractivity contribution >= 4 is 11.6 Å². The molecule has 0 bridgehead atoms. The van der Waals surface area contributed by atoms with Crippen LogP contribution in [-0.4, -0.2) is 19.3 Å². The van der Waals surface area contributed by atoms with Crippen LogP contribution in [0.25, 0.3) is 0 Å². The Morgan fingerprint density at radius 2 is 2.11 bits per heavy atom. The molecule has 0 aliphatic rings. The van der Waals surface area contributed by atoms with E-state index < -0.39 is 5.69 Å². The van der Waals surface area contributed by atoms with Crippen LogP contribution in [0.1, 0.15) is 31.0 Å². The van der Waals surface area contributed by atoms with Gasteiger partial charge in [0.15, 0.2) is 0 Å². The predicted octanol–water partition coefficient (Wildman–Crippen LogP) is 1.10. The lowest BCUT2D eigenvalue weighted by Crippen LogP contribution is -2.38. The molecule has 2 heterocycles. The van der Waals surface area contributed by atoms with Gasteiger partial charge in [-0.1, -0.05) is 25.4 Å². The Labute approximate surface area is 114 Å². The molecule has 0 aliphatic carbocycles. The summed E-state index contributed by atoms with van der Waals surface area (Å²) in [6.45, 7) is 3.88. The second-order valence-electron chi connectivity index (χ2n) is 4.65. The van der Waals surface area contributed by atoms with Gasteiger partial charge in [0.25, 0.3) is 5.56 Å². The number of H-pyrrole nitrogens is 1. The van der Waals surface area contributed by atoms with Crippen LogP contribution >= 0.6 is 11.6 Å². The van der Waals surface area contributed by atoms with Crippen molar-refractivity contribution in [2.24, 2.45) is 7.05 Å². The maximum absolute atomic E-state index is 12.3. The second kappa shape index (κ2) is 5.05. The van der Waals surface area contributed by atoms with Crippen molar-refractivity contribution in [3.8, 4) is 0 Å². The first-order valence-electron chi connectivity index (χ1n) is 5.91. The number of halogens is 1. The monoisotopic (exact) mass is 282 g/mol. The molecule has 0 aliphatic heterocycles. The van der Waals surface area contributed by atoms with Gasteiger partial charge in [-0.15, -0.1) is 0 Å². The van der Waals surface area contributed by atoms with Crippen molar-refractivity contribution in [2.75, 3.05) is 0 Å². The second-order valence-corrected chi connectivity index (χ2v) is 5.03. The third-order valence-electron chi connectivity index (χ3n) is 2.99. The molecule has 0 saturated carbocycles. The lowest BCUT2D eigenvalue weighted by atomic mass is 10.1. The normalized spacial score (nSPS) is 11.2. The number of aromatic amines is 1. The van der Waals surface area contributed by atoms with Crippen LogP contribution in [0.2, 0.25) is 5.15 Å². The van der Waals surface area contributed by atoms with E-state index in [4.69, 9.17) is 11.6 Å². The summed E-state index contributed by atoms with van der Waals surface area (Å²) < 4.78 is 2.76. The molecule has 0 amide bonds. The summed E-state index contributed by atoms with van der Waals surface area (Å²) in [5.41, 5.74) is 0.318. The molecule has 2 aromatic rings. The molecule has 1 N–H and O–H groups in total. The third kappa shape index (κ3) is 2.49. The minimum atomic E-state index is -0.513. The molecule has 102 valence electrons. The lowest BCUT2D eigenvalue weighted by molar-refractivity contribution is 0.617. The molecular weight excluding hydrogens is 268 g/mol. The summed E-state index contributed by atoms with van der Waals surface area (Å²) in [4.78, 5) is 26.7. The van der Waals surface area contributed by atoms with Gasteiger partial charge in [-0.2, -0.15) is 5.10 Å². The maximum atomic E-state index is 12.3. The lowest BCUT2D eigenvalue weighted by Gasteiger charge is -2.11. The van der Waals surface area contributed by atoms with E-state index in [1.807, 2.05) is 13.8 Å². The minimum Gasteiger partial charge on any atom is -0.297 e. The van der Waals surface area contributed by atoms with Crippen LogP contribution in [0.3, 0.4) is 0 Å². The Kier molecular flexibility index (Phi) is 3.61. The highest BCUT2D eigenvalue weighted by molar-refractivity contribution is 6.30. The smallest absolute Gasteiger partial charge is 0.297 e. The van der Waals surface area contributed by atoms with Gasteiger partial charge in [-0.3, -0.25) is 19.0 Å². The summed E-state index contributed by atoms with van der Waals surface area (Å²) >= 11 is 5.93. The fourth-order valence-corrected chi connectivity index (χ4v) is 2.30. The SMILES string of the molecule is CC(C)c1c(Cl)[nH]c(=O)n(Cc2ccnn2C)c1=O. The first kappa shape index (κ1) is 13.6. The first-order valence-corrected chi connectivity index (χ1v) is 6.29. The van der Waals surface area contributed by atoms with Gasteiger partial charge in [0.1, 0.15) is 5.15 Å². The number of rotatable bonds is 3. The van der Waals surface area contributed by atoms with Gasteiger partial charge < -0.3 is 0 Å². The van der Waals surface area contributed by atoms with E-state index in [-0.39, 0.29) is 23.2 Å². The van der Waals surface area contributed by atoms with Crippen molar-refractivity contribution in [2.45, 2.75) is 26.3 Å². The molecule has 19 heavy (non-hydrogen) atoms. The van der Waals surface area contributed by atoms with Crippen molar-refractivity contribution in [3.05, 3.63) is 49.5 Å². The zero-order valence-corrected chi connectivity index (χ0v) is 11.7.